The van der Waals surface area contributed by atoms with E-state index in [0.717, 1.165) is 5.56 Å². The molecule has 1 saturated heterocycles. The van der Waals surface area contributed by atoms with Crippen molar-refractivity contribution >= 4 is 9.84 Å². The van der Waals surface area contributed by atoms with E-state index in [1.807, 2.05) is 18.2 Å². The third kappa shape index (κ3) is 1.40. The lowest BCUT2D eigenvalue weighted by atomic mass is 10.1. The molecule has 0 bridgehead atoms. The molecular formula is C11H14O3S. The highest BCUT2D eigenvalue weighted by atomic mass is 32.2. The van der Waals surface area contributed by atoms with Crippen LogP contribution in [0.1, 0.15) is 19.4 Å². The fraction of sp³-hybridized carbons (Fsp3) is 0.455. The summed E-state index contributed by atoms with van der Waals surface area (Å²) in [6, 6.07) is 9.13. The third-order valence-electron chi connectivity index (χ3n) is 2.85. The maximum absolute atomic E-state index is 12.0. The summed E-state index contributed by atoms with van der Waals surface area (Å²) < 4.78 is 29.3. The molecule has 0 amide bonds. The van der Waals surface area contributed by atoms with Gasteiger partial charge in [0.05, 0.1) is 5.75 Å². The molecule has 0 spiro atoms. The molecule has 1 aromatic carbocycles. The van der Waals surface area contributed by atoms with E-state index in [-0.39, 0.29) is 11.9 Å². The van der Waals surface area contributed by atoms with Gasteiger partial charge in [0.25, 0.3) is 0 Å². The van der Waals surface area contributed by atoms with Crippen molar-refractivity contribution in [2.45, 2.75) is 24.9 Å². The summed E-state index contributed by atoms with van der Waals surface area (Å²) in [7, 11) is -3.21. The van der Waals surface area contributed by atoms with E-state index in [1.165, 1.54) is 0 Å². The summed E-state index contributed by atoms with van der Waals surface area (Å²) in [5.74, 6) is 0.103. The van der Waals surface area contributed by atoms with Gasteiger partial charge in [0.15, 0.2) is 9.84 Å². The van der Waals surface area contributed by atoms with Gasteiger partial charge in [-0.25, -0.2) is 8.42 Å². The fourth-order valence-electron chi connectivity index (χ4n) is 1.92. The highest BCUT2D eigenvalue weighted by molar-refractivity contribution is 7.92. The van der Waals surface area contributed by atoms with Crippen molar-refractivity contribution in [2.75, 3.05) is 5.75 Å². The zero-order valence-corrected chi connectivity index (χ0v) is 9.62. The van der Waals surface area contributed by atoms with E-state index in [0.29, 0.717) is 0 Å². The van der Waals surface area contributed by atoms with Gasteiger partial charge in [-0.2, -0.15) is 0 Å². The van der Waals surface area contributed by atoms with E-state index in [1.54, 1.807) is 26.0 Å². The molecule has 1 aliphatic heterocycles. The Hall–Kier alpha value is -0.870. The lowest BCUT2D eigenvalue weighted by molar-refractivity contribution is 0.353. The van der Waals surface area contributed by atoms with Crippen LogP contribution in [0.5, 0.6) is 0 Å². The standard InChI is InChI=1S/C11H14O3S/c1-3-15(12,13)11(9(2)14-11)10-7-5-4-6-8-10/h4-9H,3H2,1-2H3. The first-order valence-electron chi connectivity index (χ1n) is 5.00. The highest BCUT2D eigenvalue weighted by Crippen LogP contribution is 2.50. The number of benzene rings is 1. The minimum Gasteiger partial charge on any atom is -0.345 e. The smallest absolute Gasteiger partial charge is 0.220 e. The number of rotatable bonds is 3. The highest BCUT2D eigenvalue weighted by Gasteiger charge is 2.64. The second kappa shape index (κ2) is 3.32. The van der Waals surface area contributed by atoms with E-state index < -0.39 is 14.8 Å². The van der Waals surface area contributed by atoms with E-state index in [9.17, 15) is 8.42 Å². The Morgan fingerprint density at radius 1 is 1.33 bits per heavy atom. The minimum atomic E-state index is -3.21. The molecule has 1 heterocycles. The molecule has 82 valence electrons. The minimum absolute atomic E-state index is 0.103. The SMILES string of the molecule is CCS(=O)(=O)C1(c2ccccc2)OC1C. The van der Waals surface area contributed by atoms with Gasteiger partial charge < -0.3 is 4.74 Å². The van der Waals surface area contributed by atoms with E-state index in [2.05, 4.69) is 0 Å². The average molecular weight is 226 g/mol. The quantitative estimate of drug-likeness (QED) is 0.737. The van der Waals surface area contributed by atoms with Crippen LogP contribution in [0.2, 0.25) is 0 Å². The van der Waals surface area contributed by atoms with Gasteiger partial charge in [0.1, 0.15) is 6.10 Å². The summed E-state index contributed by atoms with van der Waals surface area (Å²) in [5, 5.41) is 0. The molecule has 0 aromatic heterocycles. The van der Waals surface area contributed by atoms with Crippen molar-refractivity contribution in [3.63, 3.8) is 0 Å². The average Bonchev–Trinajstić information content (AvgIpc) is 2.93. The molecule has 15 heavy (non-hydrogen) atoms. The number of hydrogen-bond acceptors (Lipinski definition) is 3. The summed E-state index contributed by atoms with van der Waals surface area (Å²) in [6.45, 7) is 3.44. The summed E-state index contributed by atoms with van der Waals surface area (Å²) in [5.41, 5.74) is 0.736. The second-order valence-corrected chi connectivity index (χ2v) is 6.11. The molecule has 0 aliphatic carbocycles. The maximum atomic E-state index is 12.0. The van der Waals surface area contributed by atoms with Crippen LogP contribution in [-0.2, 0) is 19.5 Å². The normalized spacial score (nSPS) is 30.1. The Morgan fingerprint density at radius 2 is 1.87 bits per heavy atom. The zero-order chi connectivity index (χ0) is 11.1. The molecule has 0 N–H and O–H groups in total. The Labute approximate surface area is 90.0 Å². The second-order valence-electron chi connectivity index (χ2n) is 3.70. The first-order chi connectivity index (χ1) is 7.04. The van der Waals surface area contributed by atoms with Gasteiger partial charge in [-0.15, -0.1) is 0 Å². The van der Waals surface area contributed by atoms with Gasteiger partial charge in [0.2, 0.25) is 4.93 Å². The van der Waals surface area contributed by atoms with Gasteiger partial charge in [-0.1, -0.05) is 37.3 Å². The predicted molar refractivity (Wildman–Crippen MR) is 58.1 cm³/mol. The van der Waals surface area contributed by atoms with Crippen LogP contribution in [0, 0.1) is 0 Å². The molecule has 2 rings (SSSR count). The molecule has 1 aromatic rings. The van der Waals surface area contributed by atoms with Crippen LogP contribution in [0.3, 0.4) is 0 Å². The third-order valence-corrected chi connectivity index (χ3v) is 5.20. The van der Waals surface area contributed by atoms with Crippen molar-refractivity contribution in [2.24, 2.45) is 0 Å². The van der Waals surface area contributed by atoms with Crippen molar-refractivity contribution in [1.82, 2.24) is 0 Å². The molecule has 3 nitrogen and oxygen atoms in total. The zero-order valence-electron chi connectivity index (χ0n) is 8.80. The molecule has 0 saturated carbocycles. The van der Waals surface area contributed by atoms with Crippen molar-refractivity contribution in [3.05, 3.63) is 35.9 Å². The molecule has 1 aliphatic rings. The number of hydrogen-bond donors (Lipinski definition) is 0. The Kier molecular flexibility index (Phi) is 2.35. The monoisotopic (exact) mass is 226 g/mol. The lowest BCUT2D eigenvalue weighted by Crippen LogP contribution is -2.26. The summed E-state index contributed by atoms with van der Waals surface area (Å²) >= 11 is 0. The van der Waals surface area contributed by atoms with Crippen LogP contribution in [0.4, 0.5) is 0 Å². The topological polar surface area (TPSA) is 46.7 Å². The van der Waals surface area contributed by atoms with E-state index in [4.69, 9.17) is 4.74 Å². The van der Waals surface area contributed by atoms with Crippen molar-refractivity contribution < 1.29 is 13.2 Å². The molecule has 2 atom stereocenters. The largest absolute Gasteiger partial charge is 0.345 e. The maximum Gasteiger partial charge on any atom is 0.220 e. The summed E-state index contributed by atoms with van der Waals surface area (Å²) in [4.78, 5) is -1.08. The molecule has 4 heteroatoms. The number of sulfone groups is 1. The first-order valence-corrected chi connectivity index (χ1v) is 6.65. The van der Waals surface area contributed by atoms with Crippen LogP contribution in [0.15, 0.2) is 30.3 Å². The Bertz CT molecular complexity index is 452. The summed E-state index contributed by atoms with van der Waals surface area (Å²) in [6.07, 6.45) is -0.246. The fourth-order valence-corrected chi connectivity index (χ4v) is 3.64. The Morgan fingerprint density at radius 3 is 2.27 bits per heavy atom. The van der Waals surface area contributed by atoms with Crippen LogP contribution >= 0.6 is 0 Å². The van der Waals surface area contributed by atoms with Gasteiger partial charge >= 0.3 is 0 Å². The molecular weight excluding hydrogens is 212 g/mol. The van der Waals surface area contributed by atoms with Gasteiger partial charge in [0, 0.05) is 5.56 Å². The Balaban J connectivity index is 2.51. The van der Waals surface area contributed by atoms with Crippen LogP contribution in [0.25, 0.3) is 0 Å². The molecule has 1 fully saturated rings. The van der Waals surface area contributed by atoms with Gasteiger partial charge in [-0.3, -0.25) is 0 Å². The van der Waals surface area contributed by atoms with Crippen LogP contribution < -0.4 is 0 Å². The van der Waals surface area contributed by atoms with Crippen molar-refractivity contribution in [1.29, 1.82) is 0 Å². The molecule has 0 radical (unpaired) electrons. The van der Waals surface area contributed by atoms with Crippen LogP contribution in [-0.4, -0.2) is 20.3 Å². The first kappa shape index (κ1) is 10.6. The van der Waals surface area contributed by atoms with E-state index >= 15 is 0 Å². The van der Waals surface area contributed by atoms with Gasteiger partial charge in [-0.05, 0) is 6.92 Å². The lowest BCUT2D eigenvalue weighted by Gasteiger charge is -2.12. The number of epoxide rings is 1. The van der Waals surface area contributed by atoms with Crippen molar-refractivity contribution in [3.8, 4) is 0 Å². The molecule has 2 unspecified atom stereocenters. The number of ether oxygens (including phenoxy) is 1. The predicted octanol–water partition coefficient (Wildman–Crippen LogP) is 1.69.